The Morgan fingerprint density at radius 2 is 2.00 bits per heavy atom. The summed E-state index contributed by atoms with van der Waals surface area (Å²) in [6, 6.07) is 0. The fraction of sp³-hybridized carbons (Fsp3) is 0.520. The number of nitrogens with zero attached hydrogens (tertiary/aromatic N) is 5. The third kappa shape index (κ3) is 9.84. The molecule has 0 atom stereocenters. The monoisotopic (exact) mass is 472 g/mol. The number of aromatic nitrogens is 2. The van der Waals surface area contributed by atoms with Gasteiger partial charge in [0.15, 0.2) is 0 Å². The van der Waals surface area contributed by atoms with Crippen molar-refractivity contribution in [3.63, 3.8) is 0 Å². The number of methoxy groups -OCH3 is 1. The van der Waals surface area contributed by atoms with Crippen molar-refractivity contribution in [2.24, 2.45) is 22.8 Å². The molecular formula is C25H40N6O3. The number of aryl methyl sites for hydroxylation is 1. The molecule has 1 amide bonds. The van der Waals surface area contributed by atoms with Crippen LogP contribution in [-0.4, -0.2) is 71.1 Å². The molecule has 1 fully saturated rings. The van der Waals surface area contributed by atoms with Crippen molar-refractivity contribution in [2.75, 3.05) is 26.9 Å². The van der Waals surface area contributed by atoms with Crippen LogP contribution < -0.4 is 5.73 Å². The number of primary amides is 1. The maximum atomic E-state index is 9.73. The van der Waals surface area contributed by atoms with E-state index < -0.39 is 5.60 Å². The van der Waals surface area contributed by atoms with Gasteiger partial charge in [0, 0.05) is 56.3 Å². The van der Waals surface area contributed by atoms with Crippen LogP contribution in [0.4, 0.5) is 0 Å². The highest BCUT2D eigenvalue weighted by molar-refractivity contribution is 5.80. The van der Waals surface area contributed by atoms with Crippen LogP contribution in [0, 0.1) is 0 Å². The molecule has 3 heterocycles. The first-order valence-electron chi connectivity index (χ1n) is 11.4. The third-order valence-corrected chi connectivity index (χ3v) is 5.62. The van der Waals surface area contributed by atoms with Gasteiger partial charge in [-0.2, -0.15) is 5.10 Å². The van der Waals surface area contributed by atoms with E-state index in [0.29, 0.717) is 0 Å². The van der Waals surface area contributed by atoms with Crippen LogP contribution in [0.1, 0.15) is 52.5 Å². The molecule has 0 bridgehead atoms. The molecule has 1 saturated heterocycles. The minimum absolute atomic E-state index is 0.250. The average Bonchev–Trinajstić information content (AvgIpc) is 3.47. The maximum absolute atomic E-state index is 9.73. The zero-order valence-electron chi connectivity index (χ0n) is 21.4. The number of rotatable bonds is 5. The van der Waals surface area contributed by atoms with Gasteiger partial charge in [-0.05, 0) is 52.2 Å². The fourth-order valence-corrected chi connectivity index (χ4v) is 3.40. The molecule has 9 nitrogen and oxygen atoms in total. The minimum atomic E-state index is -0.455. The van der Waals surface area contributed by atoms with Crippen molar-refractivity contribution >= 4 is 24.4 Å². The first kappa shape index (κ1) is 29.0. The lowest BCUT2D eigenvalue weighted by Gasteiger charge is -2.34. The van der Waals surface area contributed by atoms with Gasteiger partial charge in [0.2, 0.25) is 6.41 Å². The van der Waals surface area contributed by atoms with Gasteiger partial charge in [-0.15, -0.1) is 0 Å². The van der Waals surface area contributed by atoms with Gasteiger partial charge in [-0.25, -0.2) is 0 Å². The van der Waals surface area contributed by atoms with Gasteiger partial charge in [0.05, 0.1) is 37.0 Å². The molecule has 0 saturated carbocycles. The topological polar surface area (TPSA) is 118 Å². The maximum Gasteiger partial charge on any atom is 0.204 e. The van der Waals surface area contributed by atoms with Crippen molar-refractivity contribution in [1.82, 2.24) is 14.7 Å². The Bertz CT molecular complexity index is 915. The average molecular weight is 473 g/mol. The normalized spacial score (nSPS) is 20.4. The van der Waals surface area contributed by atoms with Crippen LogP contribution >= 0.6 is 0 Å². The van der Waals surface area contributed by atoms with E-state index in [1.165, 1.54) is 0 Å². The molecule has 2 aliphatic rings. The highest BCUT2D eigenvalue weighted by Gasteiger charge is 2.26. The molecule has 1 aromatic rings. The molecular weight excluding hydrogens is 432 g/mol. The van der Waals surface area contributed by atoms with Crippen molar-refractivity contribution in [3.8, 4) is 0 Å². The summed E-state index contributed by atoms with van der Waals surface area (Å²) in [5.74, 6) is 0.931. The van der Waals surface area contributed by atoms with Crippen LogP contribution in [0.2, 0.25) is 0 Å². The molecule has 0 spiro atoms. The van der Waals surface area contributed by atoms with E-state index in [0.717, 1.165) is 67.2 Å². The van der Waals surface area contributed by atoms with Gasteiger partial charge in [0.1, 0.15) is 0 Å². The Hall–Kier alpha value is -3.04. The predicted octanol–water partition coefficient (Wildman–Crippen LogP) is 3.09. The van der Waals surface area contributed by atoms with Gasteiger partial charge in [0.25, 0.3) is 0 Å². The molecule has 0 radical (unpaired) electrons. The number of nitrogens with two attached hydrogens (primary N) is 1. The number of carbonyl (C=O) groups excluding carboxylic acids is 1. The number of ether oxygens (including phenoxy) is 1. The second kappa shape index (κ2) is 15.0. The van der Waals surface area contributed by atoms with Crippen molar-refractivity contribution < 1.29 is 14.6 Å². The number of hydrogen-bond donors (Lipinski definition) is 2. The molecule has 2 aliphatic heterocycles. The van der Waals surface area contributed by atoms with E-state index in [1.54, 1.807) is 11.8 Å². The lowest BCUT2D eigenvalue weighted by Crippen LogP contribution is -2.42. The smallest absolute Gasteiger partial charge is 0.204 e. The molecule has 0 unspecified atom stereocenters. The number of piperidine rings is 1. The van der Waals surface area contributed by atoms with Crippen LogP contribution in [0.25, 0.3) is 5.57 Å². The van der Waals surface area contributed by atoms with Crippen molar-refractivity contribution in [3.05, 3.63) is 47.1 Å². The summed E-state index contributed by atoms with van der Waals surface area (Å²) in [5, 5.41) is 13.9. The second-order valence-electron chi connectivity index (χ2n) is 8.38. The largest absolute Gasteiger partial charge is 0.501 e. The molecule has 188 valence electrons. The Balaban J connectivity index is 0.000000310. The predicted molar refractivity (Wildman–Crippen MR) is 138 cm³/mol. The van der Waals surface area contributed by atoms with Crippen LogP contribution in [0.3, 0.4) is 0 Å². The molecule has 3 rings (SSSR count). The standard InChI is InChI=1S/C13H17N3O.C11H20N2O.CH3NO/c1-9(11-7-15-16(3)8-11)13-12(5-6-14-13)10(2)17-4;1-3-4-7-12-10-13-8-5-11(2,14)6-9-13;2-1-3/h6-8H,5H2,1-4H3;3-4,7,14H,5-6,8-10H2,1-2H3;1H,(H2,2,3)/b12-10+,13-9-;4-3-,12-7?;. The highest BCUT2D eigenvalue weighted by Crippen LogP contribution is 2.31. The number of allylic oxidation sites excluding steroid dienone is 5. The quantitative estimate of drug-likeness (QED) is 0.388. The lowest BCUT2D eigenvalue weighted by molar-refractivity contribution is -0.106. The Morgan fingerprint density at radius 1 is 1.35 bits per heavy atom. The van der Waals surface area contributed by atoms with Gasteiger partial charge >= 0.3 is 0 Å². The number of hydrogen-bond acceptors (Lipinski definition) is 7. The summed E-state index contributed by atoms with van der Waals surface area (Å²) in [6.07, 6.45) is 14.3. The summed E-state index contributed by atoms with van der Waals surface area (Å²) in [5.41, 5.74) is 8.12. The van der Waals surface area contributed by atoms with Crippen molar-refractivity contribution in [1.29, 1.82) is 0 Å². The molecule has 3 N–H and O–H groups in total. The molecule has 9 heteroatoms. The Morgan fingerprint density at radius 3 is 2.53 bits per heavy atom. The Kier molecular flexibility index (Phi) is 12.8. The van der Waals surface area contributed by atoms with Crippen molar-refractivity contribution in [2.45, 2.75) is 52.6 Å². The number of aliphatic imine (C=N–C) groups is 2. The highest BCUT2D eigenvalue weighted by atomic mass is 16.5. The van der Waals surface area contributed by atoms with E-state index in [1.807, 2.05) is 64.8 Å². The zero-order valence-corrected chi connectivity index (χ0v) is 21.4. The fourth-order valence-electron chi connectivity index (χ4n) is 3.40. The van der Waals surface area contributed by atoms with E-state index in [4.69, 9.17) is 9.53 Å². The molecule has 0 aliphatic carbocycles. The number of aliphatic hydroxyl groups is 1. The SMILES string of the molecule is C/C=C\C=NCN1CCC(C)(O)CC1.CO/C(C)=C1\CC=N\C1=C(\C)c1cnn(C)c1.NC=O. The molecule has 1 aromatic heterocycles. The van der Waals surface area contributed by atoms with E-state index in [-0.39, 0.29) is 6.41 Å². The first-order chi connectivity index (χ1) is 16.2. The van der Waals surface area contributed by atoms with E-state index in [9.17, 15) is 5.11 Å². The zero-order chi connectivity index (χ0) is 25.6. The van der Waals surface area contributed by atoms with Crippen LogP contribution in [-0.2, 0) is 16.6 Å². The second-order valence-corrected chi connectivity index (χ2v) is 8.38. The number of likely N-dealkylation sites (tertiary alicyclic amines) is 1. The van der Waals surface area contributed by atoms with Crippen LogP contribution in [0.5, 0.6) is 0 Å². The summed E-state index contributed by atoms with van der Waals surface area (Å²) in [6.45, 7) is 10.6. The van der Waals surface area contributed by atoms with Gasteiger partial charge < -0.3 is 15.6 Å². The number of amides is 1. The van der Waals surface area contributed by atoms with E-state index in [2.05, 4.69) is 32.6 Å². The first-order valence-corrected chi connectivity index (χ1v) is 11.4. The minimum Gasteiger partial charge on any atom is -0.501 e. The lowest BCUT2D eigenvalue weighted by atomic mass is 9.94. The third-order valence-electron chi connectivity index (χ3n) is 5.62. The number of carbonyl (C=O) groups is 1. The summed E-state index contributed by atoms with van der Waals surface area (Å²) >= 11 is 0. The van der Waals surface area contributed by atoms with Gasteiger partial charge in [-0.3, -0.25) is 24.4 Å². The summed E-state index contributed by atoms with van der Waals surface area (Å²) in [7, 11) is 3.61. The molecule has 0 aromatic carbocycles. The van der Waals surface area contributed by atoms with E-state index >= 15 is 0 Å². The Labute approximate surface area is 203 Å². The van der Waals surface area contributed by atoms with Gasteiger partial charge in [-0.1, -0.05) is 6.08 Å². The summed E-state index contributed by atoms with van der Waals surface area (Å²) in [4.78, 5) is 19.6. The van der Waals surface area contributed by atoms with Crippen LogP contribution in [0.15, 0.2) is 51.6 Å². The summed E-state index contributed by atoms with van der Waals surface area (Å²) < 4.78 is 7.10. The molecule has 34 heavy (non-hydrogen) atoms.